The predicted molar refractivity (Wildman–Crippen MR) is 96.5 cm³/mol. The molecule has 25 heavy (non-hydrogen) atoms. The number of aromatic nitrogens is 1. The van der Waals surface area contributed by atoms with Gasteiger partial charge >= 0.3 is 0 Å². The van der Waals surface area contributed by atoms with Crippen LogP contribution >= 0.6 is 0 Å². The molecule has 0 aliphatic carbocycles. The Balaban J connectivity index is 1.63. The SMILES string of the molecule is COCc1cccc(CN2C[C@H](OC)C[C@H]2COc2cccnc2)c1. The van der Waals surface area contributed by atoms with Crippen LogP contribution in [0.2, 0.25) is 0 Å². The zero-order valence-corrected chi connectivity index (χ0v) is 14.9. The molecule has 0 bridgehead atoms. The molecule has 1 aromatic carbocycles. The molecule has 1 aliphatic heterocycles. The maximum Gasteiger partial charge on any atom is 0.137 e. The van der Waals surface area contributed by atoms with E-state index in [2.05, 4.69) is 34.1 Å². The summed E-state index contributed by atoms with van der Waals surface area (Å²) >= 11 is 0. The van der Waals surface area contributed by atoms with Gasteiger partial charge in [0.1, 0.15) is 12.4 Å². The second-order valence-corrected chi connectivity index (χ2v) is 6.43. The van der Waals surface area contributed by atoms with E-state index < -0.39 is 0 Å². The van der Waals surface area contributed by atoms with Crippen LogP contribution in [0.3, 0.4) is 0 Å². The summed E-state index contributed by atoms with van der Waals surface area (Å²) in [6, 6.07) is 12.7. The van der Waals surface area contributed by atoms with Crippen LogP contribution in [0.5, 0.6) is 5.75 Å². The molecule has 5 heteroatoms. The average molecular weight is 342 g/mol. The standard InChI is InChI=1S/C20H26N2O3/c1-23-14-17-6-3-5-16(9-17)12-22-13-20(24-2)10-18(22)15-25-19-7-4-8-21-11-19/h3-9,11,18,20H,10,12-15H2,1-2H3/t18-,20+/m0/s1. The predicted octanol–water partition coefficient (Wildman–Crippen LogP) is 2.90. The van der Waals surface area contributed by atoms with Crippen molar-refractivity contribution in [2.24, 2.45) is 0 Å². The van der Waals surface area contributed by atoms with Crippen LogP contribution in [0.15, 0.2) is 48.8 Å². The summed E-state index contributed by atoms with van der Waals surface area (Å²) in [6.07, 6.45) is 4.74. The van der Waals surface area contributed by atoms with Gasteiger partial charge in [-0.25, -0.2) is 0 Å². The first-order valence-corrected chi connectivity index (χ1v) is 8.65. The fourth-order valence-corrected chi connectivity index (χ4v) is 3.32. The summed E-state index contributed by atoms with van der Waals surface area (Å²) in [4.78, 5) is 6.54. The summed E-state index contributed by atoms with van der Waals surface area (Å²) in [5, 5.41) is 0. The molecular formula is C20H26N2O3. The molecule has 5 nitrogen and oxygen atoms in total. The molecule has 1 aliphatic rings. The Morgan fingerprint density at radius 3 is 2.80 bits per heavy atom. The lowest BCUT2D eigenvalue weighted by Crippen LogP contribution is -2.34. The Morgan fingerprint density at radius 2 is 2.04 bits per heavy atom. The van der Waals surface area contributed by atoms with Crippen LogP contribution in [-0.4, -0.2) is 49.4 Å². The van der Waals surface area contributed by atoms with Gasteiger partial charge in [-0.15, -0.1) is 0 Å². The summed E-state index contributed by atoms with van der Waals surface area (Å²) in [5.74, 6) is 0.811. The van der Waals surface area contributed by atoms with E-state index >= 15 is 0 Å². The molecule has 0 amide bonds. The van der Waals surface area contributed by atoms with Crippen molar-refractivity contribution in [1.29, 1.82) is 0 Å². The van der Waals surface area contributed by atoms with Crippen LogP contribution in [0.25, 0.3) is 0 Å². The Hall–Kier alpha value is -1.95. The third kappa shape index (κ3) is 5.01. The lowest BCUT2D eigenvalue weighted by atomic mass is 10.1. The molecule has 1 saturated heterocycles. The van der Waals surface area contributed by atoms with Gasteiger partial charge in [0, 0.05) is 39.5 Å². The molecule has 2 heterocycles. The Bertz CT molecular complexity index is 650. The monoisotopic (exact) mass is 342 g/mol. The maximum atomic E-state index is 5.93. The minimum absolute atomic E-state index is 0.254. The summed E-state index contributed by atoms with van der Waals surface area (Å²) in [5.41, 5.74) is 2.49. The molecular weight excluding hydrogens is 316 g/mol. The number of likely N-dealkylation sites (tertiary alicyclic amines) is 1. The van der Waals surface area contributed by atoms with Crippen molar-refractivity contribution in [3.8, 4) is 5.75 Å². The van der Waals surface area contributed by atoms with E-state index in [1.54, 1.807) is 26.6 Å². The van der Waals surface area contributed by atoms with Crippen LogP contribution in [-0.2, 0) is 22.6 Å². The zero-order valence-electron chi connectivity index (χ0n) is 14.9. The van der Waals surface area contributed by atoms with Crippen molar-refractivity contribution in [2.75, 3.05) is 27.4 Å². The first kappa shape index (κ1) is 17.9. The smallest absolute Gasteiger partial charge is 0.137 e. The Kier molecular flexibility index (Phi) is 6.39. The summed E-state index contributed by atoms with van der Waals surface area (Å²) in [7, 11) is 3.51. The molecule has 1 fully saturated rings. The van der Waals surface area contributed by atoms with Crippen molar-refractivity contribution in [2.45, 2.75) is 31.7 Å². The highest BCUT2D eigenvalue weighted by Crippen LogP contribution is 2.24. The van der Waals surface area contributed by atoms with Gasteiger partial charge in [0.25, 0.3) is 0 Å². The number of benzene rings is 1. The molecule has 2 aromatic rings. The Labute approximate surface area is 149 Å². The first-order chi connectivity index (χ1) is 12.3. The van der Waals surface area contributed by atoms with Crippen molar-refractivity contribution in [3.05, 3.63) is 59.9 Å². The fourth-order valence-electron chi connectivity index (χ4n) is 3.32. The summed E-state index contributed by atoms with van der Waals surface area (Å²) in [6.45, 7) is 3.09. The van der Waals surface area contributed by atoms with E-state index in [1.807, 2.05) is 12.1 Å². The van der Waals surface area contributed by atoms with Gasteiger partial charge in [0.2, 0.25) is 0 Å². The van der Waals surface area contributed by atoms with Crippen LogP contribution in [0.4, 0.5) is 0 Å². The molecule has 2 atom stereocenters. The minimum atomic E-state index is 0.254. The number of pyridine rings is 1. The number of rotatable bonds is 8. The average Bonchev–Trinajstić information content (AvgIpc) is 3.03. The fraction of sp³-hybridized carbons (Fsp3) is 0.450. The van der Waals surface area contributed by atoms with Gasteiger partial charge < -0.3 is 14.2 Å². The second kappa shape index (κ2) is 8.94. The quantitative estimate of drug-likeness (QED) is 0.738. The molecule has 0 spiro atoms. The van der Waals surface area contributed by atoms with E-state index in [0.29, 0.717) is 19.3 Å². The van der Waals surface area contributed by atoms with E-state index in [1.165, 1.54) is 11.1 Å². The van der Waals surface area contributed by atoms with E-state index in [4.69, 9.17) is 14.2 Å². The van der Waals surface area contributed by atoms with Crippen molar-refractivity contribution >= 4 is 0 Å². The van der Waals surface area contributed by atoms with Crippen LogP contribution in [0.1, 0.15) is 17.5 Å². The van der Waals surface area contributed by atoms with Gasteiger partial charge in [-0.05, 0) is 29.7 Å². The third-order valence-corrected chi connectivity index (χ3v) is 4.59. The normalized spacial score (nSPS) is 20.7. The molecule has 1 aromatic heterocycles. The number of nitrogens with zero attached hydrogens (tertiary/aromatic N) is 2. The second-order valence-electron chi connectivity index (χ2n) is 6.43. The highest BCUT2D eigenvalue weighted by atomic mass is 16.5. The van der Waals surface area contributed by atoms with Gasteiger partial charge in [-0.2, -0.15) is 0 Å². The molecule has 0 unspecified atom stereocenters. The molecule has 0 radical (unpaired) electrons. The zero-order chi connectivity index (χ0) is 17.5. The molecule has 0 N–H and O–H groups in total. The Morgan fingerprint density at radius 1 is 1.16 bits per heavy atom. The van der Waals surface area contributed by atoms with Crippen molar-refractivity contribution in [3.63, 3.8) is 0 Å². The van der Waals surface area contributed by atoms with Gasteiger partial charge in [0.15, 0.2) is 0 Å². The van der Waals surface area contributed by atoms with E-state index in [0.717, 1.165) is 25.3 Å². The largest absolute Gasteiger partial charge is 0.490 e. The maximum absolute atomic E-state index is 5.93. The third-order valence-electron chi connectivity index (χ3n) is 4.59. The summed E-state index contributed by atoms with van der Waals surface area (Å²) < 4.78 is 16.8. The molecule has 3 rings (SSSR count). The van der Waals surface area contributed by atoms with Crippen molar-refractivity contribution < 1.29 is 14.2 Å². The van der Waals surface area contributed by atoms with Gasteiger partial charge in [-0.1, -0.05) is 24.3 Å². The van der Waals surface area contributed by atoms with Gasteiger partial charge in [-0.3, -0.25) is 9.88 Å². The number of hydrogen-bond acceptors (Lipinski definition) is 5. The lowest BCUT2D eigenvalue weighted by molar-refractivity contribution is 0.107. The lowest BCUT2D eigenvalue weighted by Gasteiger charge is -2.24. The number of ether oxygens (including phenoxy) is 3. The van der Waals surface area contributed by atoms with Crippen LogP contribution < -0.4 is 4.74 Å². The topological polar surface area (TPSA) is 43.8 Å². The first-order valence-electron chi connectivity index (χ1n) is 8.65. The highest BCUT2D eigenvalue weighted by Gasteiger charge is 2.32. The number of methoxy groups -OCH3 is 2. The van der Waals surface area contributed by atoms with Crippen LogP contribution in [0, 0.1) is 0 Å². The van der Waals surface area contributed by atoms with E-state index in [-0.39, 0.29) is 6.10 Å². The molecule has 0 saturated carbocycles. The minimum Gasteiger partial charge on any atom is -0.490 e. The number of hydrogen-bond donors (Lipinski definition) is 0. The molecule has 134 valence electrons. The van der Waals surface area contributed by atoms with E-state index in [9.17, 15) is 0 Å². The van der Waals surface area contributed by atoms with Crippen molar-refractivity contribution in [1.82, 2.24) is 9.88 Å². The van der Waals surface area contributed by atoms with Gasteiger partial charge in [0.05, 0.1) is 18.9 Å². The highest BCUT2D eigenvalue weighted by molar-refractivity contribution is 5.23.